The first-order valence-electron chi connectivity index (χ1n) is 13.9. The van der Waals surface area contributed by atoms with E-state index in [0.717, 1.165) is 6.54 Å². The predicted octanol–water partition coefficient (Wildman–Crippen LogP) is 5.06. The van der Waals surface area contributed by atoms with Crippen LogP contribution in [0.3, 0.4) is 0 Å². The van der Waals surface area contributed by atoms with E-state index >= 15 is 0 Å². The minimum atomic E-state index is -0.415. The van der Waals surface area contributed by atoms with Gasteiger partial charge < -0.3 is 30.3 Å². The van der Waals surface area contributed by atoms with Gasteiger partial charge in [0.05, 0.1) is 23.9 Å². The molecule has 1 aliphatic heterocycles. The second-order valence-electron chi connectivity index (χ2n) is 11.0. The molecule has 1 fully saturated rings. The molecule has 8 heteroatoms. The summed E-state index contributed by atoms with van der Waals surface area (Å²) in [4.78, 5) is 30.6. The van der Waals surface area contributed by atoms with Gasteiger partial charge in [0.1, 0.15) is 6.10 Å². The van der Waals surface area contributed by atoms with E-state index in [0.29, 0.717) is 41.7 Å². The molecule has 0 unspecified atom stereocenters. The number of amides is 3. The fourth-order valence-electron chi connectivity index (χ4n) is 5.56. The van der Waals surface area contributed by atoms with E-state index in [9.17, 15) is 14.7 Å². The summed E-state index contributed by atoms with van der Waals surface area (Å²) in [6, 6.07) is 13.7. The normalized spacial score (nSPS) is 21.2. The van der Waals surface area contributed by atoms with Gasteiger partial charge in [-0.3, -0.25) is 4.79 Å². The van der Waals surface area contributed by atoms with Crippen molar-refractivity contribution in [3.63, 3.8) is 0 Å². The Kier molecular flexibility index (Phi) is 9.63. The van der Waals surface area contributed by atoms with Crippen LogP contribution in [0.4, 0.5) is 16.2 Å². The van der Waals surface area contributed by atoms with Gasteiger partial charge in [-0.15, -0.1) is 0 Å². The smallest absolute Gasteiger partial charge is 0.323 e. The summed E-state index contributed by atoms with van der Waals surface area (Å²) in [7, 11) is 2.14. The number of carbonyl (C=O) groups is 2. The highest BCUT2D eigenvalue weighted by Crippen LogP contribution is 2.35. The summed E-state index contributed by atoms with van der Waals surface area (Å²) in [5.74, 6) is 0.880. The SMILES string of the molecule is C[C@H]1CN([C@@H](C)CO)C(=O)c2cccc(NC(=O)Nc3ccccc3)c2O[C@@H]1CN(C)CC1CCCCC1. The van der Waals surface area contributed by atoms with Crippen LogP contribution in [-0.4, -0.2) is 72.3 Å². The van der Waals surface area contributed by atoms with Gasteiger partial charge in [0.15, 0.2) is 5.75 Å². The molecule has 4 rings (SSSR count). The van der Waals surface area contributed by atoms with Crippen LogP contribution < -0.4 is 15.4 Å². The first kappa shape index (κ1) is 27.9. The highest BCUT2D eigenvalue weighted by atomic mass is 16.5. The van der Waals surface area contributed by atoms with E-state index in [1.165, 1.54) is 32.1 Å². The topological polar surface area (TPSA) is 94.1 Å². The van der Waals surface area contributed by atoms with E-state index in [2.05, 4.69) is 29.5 Å². The van der Waals surface area contributed by atoms with Crippen LogP contribution in [0.2, 0.25) is 0 Å². The summed E-state index contributed by atoms with van der Waals surface area (Å²) in [6.45, 7) is 6.02. The number of nitrogens with zero attached hydrogens (tertiary/aromatic N) is 2. The quantitative estimate of drug-likeness (QED) is 0.450. The number of anilines is 2. The molecular weight excluding hydrogens is 480 g/mol. The Hall–Kier alpha value is -3.10. The van der Waals surface area contributed by atoms with E-state index < -0.39 is 6.03 Å². The number of carbonyl (C=O) groups excluding carboxylic acids is 2. The van der Waals surface area contributed by atoms with Gasteiger partial charge >= 0.3 is 6.03 Å². The van der Waals surface area contributed by atoms with E-state index in [4.69, 9.17) is 4.74 Å². The van der Waals surface area contributed by atoms with Crippen molar-refractivity contribution < 1.29 is 19.4 Å². The molecule has 2 aromatic carbocycles. The minimum Gasteiger partial charge on any atom is -0.486 e. The average Bonchev–Trinajstić information content (AvgIpc) is 2.91. The van der Waals surface area contributed by atoms with Gasteiger partial charge in [0.25, 0.3) is 5.91 Å². The zero-order valence-corrected chi connectivity index (χ0v) is 22.9. The van der Waals surface area contributed by atoms with Crippen LogP contribution in [0.15, 0.2) is 48.5 Å². The molecule has 0 bridgehead atoms. The molecule has 0 spiro atoms. The molecule has 0 saturated heterocycles. The summed E-state index contributed by atoms with van der Waals surface area (Å²) >= 11 is 0. The van der Waals surface area contributed by atoms with Crippen molar-refractivity contribution in [3.8, 4) is 5.75 Å². The van der Waals surface area contributed by atoms with Gasteiger partial charge in [-0.05, 0) is 57.0 Å². The Labute approximate surface area is 226 Å². The van der Waals surface area contributed by atoms with Crippen LogP contribution in [0.1, 0.15) is 56.3 Å². The third-order valence-electron chi connectivity index (χ3n) is 7.76. The molecule has 2 aromatic rings. The third kappa shape index (κ3) is 7.05. The van der Waals surface area contributed by atoms with Crippen LogP contribution in [-0.2, 0) is 0 Å². The van der Waals surface area contributed by atoms with Crippen LogP contribution in [0.5, 0.6) is 5.75 Å². The van der Waals surface area contributed by atoms with Gasteiger partial charge in [0, 0.05) is 31.2 Å². The first-order chi connectivity index (χ1) is 18.4. The molecule has 1 aliphatic carbocycles. The second kappa shape index (κ2) is 13.1. The fourth-order valence-corrected chi connectivity index (χ4v) is 5.56. The molecule has 2 aliphatic rings. The van der Waals surface area contributed by atoms with Crippen molar-refractivity contribution in [2.45, 2.75) is 58.1 Å². The Morgan fingerprint density at radius 2 is 1.82 bits per heavy atom. The molecule has 8 nitrogen and oxygen atoms in total. The highest BCUT2D eigenvalue weighted by Gasteiger charge is 2.35. The number of fused-ring (bicyclic) bond motifs is 1. The van der Waals surface area contributed by atoms with Crippen LogP contribution >= 0.6 is 0 Å². The Morgan fingerprint density at radius 1 is 1.08 bits per heavy atom. The summed E-state index contributed by atoms with van der Waals surface area (Å²) in [6.07, 6.45) is 6.28. The molecule has 3 N–H and O–H groups in total. The fraction of sp³-hybridized carbons (Fsp3) is 0.533. The van der Waals surface area contributed by atoms with Crippen molar-refractivity contribution in [1.82, 2.24) is 9.80 Å². The summed E-state index contributed by atoms with van der Waals surface area (Å²) < 4.78 is 6.63. The third-order valence-corrected chi connectivity index (χ3v) is 7.76. The van der Waals surface area contributed by atoms with Gasteiger partial charge in [-0.2, -0.15) is 0 Å². The molecule has 38 heavy (non-hydrogen) atoms. The number of benzene rings is 2. The number of para-hydroxylation sites is 2. The molecule has 1 heterocycles. The Bertz CT molecular complexity index is 1070. The number of rotatable bonds is 8. The number of aliphatic hydroxyl groups excluding tert-OH is 1. The maximum absolute atomic E-state index is 13.7. The van der Waals surface area contributed by atoms with Crippen LogP contribution in [0, 0.1) is 11.8 Å². The van der Waals surface area contributed by atoms with E-state index in [1.54, 1.807) is 23.1 Å². The first-order valence-corrected chi connectivity index (χ1v) is 13.9. The van der Waals surface area contributed by atoms with Crippen molar-refractivity contribution >= 4 is 23.3 Å². The minimum absolute atomic E-state index is 0.0149. The van der Waals surface area contributed by atoms with Gasteiger partial charge in [-0.1, -0.05) is 50.5 Å². The lowest BCUT2D eigenvalue weighted by molar-refractivity contribution is 0.0333. The predicted molar refractivity (Wildman–Crippen MR) is 151 cm³/mol. The highest BCUT2D eigenvalue weighted by molar-refractivity contribution is 6.04. The van der Waals surface area contributed by atoms with E-state index in [-0.39, 0.29) is 30.6 Å². The largest absolute Gasteiger partial charge is 0.486 e. The zero-order valence-electron chi connectivity index (χ0n) is 22.9. The summed E-state index contributed by atoms with van der Waals surface area (Å²) in [5.41, 5.74) is 1.49. The van der Waals surface area contributed by atoms with E-state index in [1.807, 2.05) is 37.3 Å². The van der Waals surface area contributed by atoms with Gasteiger partial charge in [-0.25, -0.2) is 4.79 Å². The molecule has 3 amide bonds. The second-order valence-corrected chi connectivity index (χ2v) is 11.0. The van der Waals surface area contributed by atoms with Crippen molar-refractivity contribution in [2.75, 3.05) is 43.9 Å². The van der Waals surface area contributed by atoms with Crippen LogP contribution in [0.25, 0.3) is 0 Å². The number of hydrogen-bond donors (Lipinski definition) is 3. The standard InChI is InChI=1S/C30H42N4O4/c1-21-17-34(22(2)20-35)29(36)25-15-10-16-26(32-30(37)31-24-13-8-5-9-14-24)28(25)38-27(21)19-33(3)18-23-11-6-4-7-12-23/h5,8-10,13-16,21-23,27,35H,4,6-7,11-12,17-20H2,1-3H3,(H2,31,32,37)/t21-,22-,27+/m0/s1. The summed E-state index contributed by atoms with van der Waals surface area (Å²) in [5, 5.41) is 15.6. The van der Waals surface area contributed by atoms with Crippen molar-refractivity contribution in [3.05, 3.63) is 54.1 Å². The number of aliphatic hydroxyl groups is 1. The van der Waals surface area contributed by atoms with Crippen molar-refractivity contribution in [1.29, 1.82) is 0 Å². The lowest BCUT2D eigenvalue weighted by Crippen LogP contribution is -2.50. The molecule has 0 radical (unpaired) electrons. The molecule has 1 saturated carbocycles. The Balaban J connectivity index is 1.60. The maximum atomic E-state index is 13.7. The molecule has 0 aromatic heterocycles. The average molecular weight is 523 g/mol. The monoisotopic (exact) mass is 522 g/mol. The number of ether oxygens (including phenoxy) is 1. The number of urea groups is 1. The molecule has 206 valence electrons. The number of nitrogens with one attached hydrogen (secondary N) is 2. The maximum Gasteiger partial charge on any atom is 0.323 e. The Morgan fingerprint density at radius 3 is 2.53 bits per heavy atom. The molecule has 3 atom stereocenters. The number of hydrogen-bond acceptors (Lipinski definition) is 5. The lowest BCUT2D eigenvalue weighted by atomic mass is 9.89. The van der Waals surface area contributed by atoms with Crippen molar-refractivity contribution in [2.24, 2.45) is 11.8 Å². The molecular formula is C30H42N4O4. The lowest BCUT2D eigenvalue weighted by Gasteiger charge is -2.39. The van der Waals surface area contributed by atoms with Gasteiger partial charge in [0.2, 0.25) is 0 Å². The zero-order chi connectivity index (χ0) is 27.1. The number of likely N-dealkylation sites (N-methyl/N-ethyl adjacent to an activating group) is 1.